The van der Waals surface area contributed by atoms with Gasteiger partial charge in [0.2, 0.25) is 0 Å². The van der Waals surface area contributed by atoms with E-state index in [0.29, 0.717) is 18.9 Å². The highest BCUT2D eigenvalue weighted by molar-refractivity contribution is 7.91. The summed E-state index contributed by atoms with van der Waals surface area (Å²) in [6.45, 7) is 3.70. The van der Waals surface area contributed by atoms with Gasteiger partial charge in [-0.2, -0.15) is 5.10 Å². The number of unbranched alkanes of at least 4 members (excludes halogenated alkanes) is 1. The van der Waals surface area contributed by atoms with Gasteiger partial charge in [0.15, 0.2) is 9.84 Å². The van der Waals surface area contributed by atoms with Crippen molar-refractivity contribution in [3.63, 3.8) is 0 Å². The lowest BCUT2D eigenvalue weighted by atomic mass is 10.2. The van der Waals surface area contributed by atoms with Gasteiger partial charge in [0.05, 0.1) is 41.5 Å². The third-order valence-corrected chi connectivity index (χ3v) is 8.85. The lowest BCUT2D eigenvalue weighted by Crippen LogP contribution is -2.40. The topological polar surface area (TPSA) is 118 Å². The zero-order valence-corrected chi connectivity index (χ0v) is 23.0. The van der Waals surface area contributed by atoms with E-state index >= 15 is 0 Å². The first-order chi connectivity index (χ1) is 19.5. The van der Waals surface area contributed by atoms with E-state index in [2.05, 4.69) is 59.8 Å². The highest BCUT2D eigenvalue weighted by Gasteiger charge is 2.20. The molecule has 1 fully saturated rings. The standard InChI is InChI=1S/C29H32N8O2S/c38-40(39)14-12-36(13-15-40)11-5-4-10-30-28-17-25-26(19-31-28)32-21-33-29(25)35-24-8-9-27-23(16-24)18-34-37(27)20-22-6-2-1-3-7-22/h1-3,6-9,16-19,21H,4-5,10-15,20H2,(H,30,31)(H,32,33,35). The van der Waals surface area contributed by atoms with Crippen LogP contribution in [0.2, 0.25) is 0 Å². The molecule has 0 amide bonds. The summed E-state index contributed by atoms with van der Waals surface area (Å²) in [4.78, 5) is 15.6. The Hall–Kier alpha value is -4.09. The molecule has 11 heteroatoms. The fraction of sp³-hybridized carbons (Fsp3) is 0.310. The Bertz CT molecular complexity index is 1710. The van der Waals surface area contributed by atoms with E-state index in [1.807, 2.05) is 41.2 Å². The van der Waals surface area contributed by atoms with Gasteiger partial charge in [-0.25, -0.2) is 23.4 Å². The Morgan fingerprint density at radius 3 is 2.60 bits per heavy atom. The van der Waals surface area contributed by atoms with Gasteiger partial charge in [0.1, 0.15) is 18.0 Å². The third-order valence-electron chi connectivity index (χ3n) is 7.25. The van der Waals surface area contributed by atoms with E-state index < -0.39 is 9.84 Å². The van der Waals surface area contributed by atoms with Crippen molar-refractivity contribution in [2.24, 2.45) is 0 Å². The molecule has 4 heterocycles. The average molecular weight is 557 g/mol. The molecule has 0 radical (unpaired) electrons. The van der Waals surface area contributed by atoms with Gasteiger partial charge in [-0.15, -0.1) is 0 Å². The van der Waals surface area contributed by atoms with Crippen LogP contribution in [-0.2, 0) is 16.4 Å². The van der Waals surface area contributed by atoms with Crippen LogP contribution in [0.25, 0.3) is 21.8 Å². The molecule has 0 spiro atoms. The number of rotatable bonds is 10. The second-order valence-electron chi connectivity index (χ2n) is 10.1. The molecule has 0 atom stereocenters. The molecular weight excluding hydrogens is 524 g/mol. The van der Waals surface area contributed by atoms with Crippen molar-refractivity contribution in [3.05, 3.63) is 78.9 Å². The Balaban J connectivity index is 1.09. The summed E-state index contributed by atoms with van der Waals surface area (Å²) in [6, 6.07) is 18.5. The number of hydrogen-bond donors (Lipinski definition) is 2. The van der Waals surface area contributed by atoms with Crippen LogP contribution in [0, 0.1) is 0 Å². The van der Waals surface area contributed by atoms with Crippen molar-refractivity contribution in [2.45, 2.75) is 19.4 Å². The van der Waals surface area contributed by atoms with Crippen molar-refractivity contribution >= 4 is 49.0 Å². The Labute approximate surface area is 233 Å². The van der Waals surface area contributed by atoms with Crippen molar-refractivity contribution in [1.29, 1.82) is 0 Å². The van der Waals surface area contributed by atoms with Crippen LogP contribution < -0.4 is 10.6 Å². The van der Waals surface area contributed by atoms with Crippen LogP contribution in [0.1, 0.15) is 18.4 Å². The predicted octanol–water partition coefficient (Wildman–Crippen LogP) is 4.09. The molecule has 6 rings (SSSR count). The van der Waals surface area contributed by atoms with Gasteiger partial charge >= 0.3 is 0 Å². The number of hydrogen-bond acceptors (Lipinski definition) is 9. The van der Waals surface area contributed by atoms with E-state index in [-0.39, 0.29) is 11.5 Å². The minimum atomic E-state index is -2.83. The van der Waals surface area contributed by atoms with Crippen LogP contribution in [0.4, 0.5) is 17.3 Å². The number of benzene rings is 2. The lowest BCUT2D eigenvalue weighted by molar-refractivity contribution is 0.290. The summed E-state index contributed by atoms with van der Waals surface area (Å²) in [6.07, 6.45) is 7.16. The van der Waals surface area contributed by atoms with E-state index in [0.717, 1.165) is 65.8 Å². The minimum Gasteiger partial charge on any atom is -0.370 e. The lowest BCUT2D eigenvalue weighted by Gasteiger charge is -2.26. The predicted molar refractivity (Wildman–Crippen MR) is 159 cm³/mol. The maximum absolute atomic E-state index is 11.6. The average Bonchev–Trinajstić information content (AvgIpc) is 3.36. The molecule has 2 N–H and O–H groups in total. The molecule has 40 heavy (non-hydrogen) atoms. The zero-order valence-electron chi connectivity index (χ0n) is 22.2. The van der Waals surface area contributed by atoms with E-state index in [9.17, 15) is 8.42 Å². The first-order valence-corrected chi connectivity index (χ1v) is 15.4. The fourth-order valence-electron chi connectivity index (χ4n) is 4.99. The molecule has 206 valence electrons. The maximum Gasteiger partial charge on any atom is 0.152 e. The monoisotopic (exact) mass is 556 g/mol. The van der Waals surface area contributed by atoms with E-state index in [1.165, 1.54) is 5.56 Å². The second-order valence-corrected chi connectivity index (χ2v) is 12.4. The van der Waals surface area contributed by atoms with Crippen LogP contribution in [-0.4, -0.2) is 75.7 Å². The molecule has 0 aliphatic carbocycles. The maximum atomic E-state index is 11.6. The van der Waals surface area contributed by atoms with Gasteiger partial charge in [-0.1, -0.05) is 30.3 Å². The summed E-state index contributed by atoms with van der Waals surface area (Å²) >= 11 is 0. The van der Waals surface area contributed by atoms with Crippen molar-refractivity contribution < 1.29 is 8.42 Å². The largest absolute Gasteiger partial charge is 0.370 e. The number of fused-ring (bicyclic) bond motifs is 2. The molecule has 3 aromatic heterocycles. The van der Waals surface area contributed by atoms with Gasteiger partial charge < -0.3 is 15.5 Å². The van der Waals surface area contributed by atoms with Crippen molar-refractivity contribution in [1.82, 2.24) is 29.6 Å². The van der Waals surface area contributed by atoms with Gasteiger partial charge in [-0.3, -0.25) is 4.68 Å². The fourth-order valence-corrected chi connectivity index (χ4v) is 6.27. The van der Waals surface area contributed by atoms with Gasteiger partial charge in [0.25, 0.3) is 0 Å². The van der Waals surface area contributed by atoms with Crippen molar-refractivity contribution in [2.75, 3.05) is 48.3 Å². The molecule has 1 saturated heterocycles. The van der Waals surface area contributed by atoms with Gasteiger partial charge in [-0.05, 0) is 49.2 Å². The van der Waals surface area contributed by atoms with Gasteiger partial charge in [0, 0.05) is 36.1 Å². The minimum absolute atomic E-state index is 0.274. The molecule has 0 bridgehead atoms. The molecule has 1 aliphatic rings. The number of pyridine rings is 1. The summed E-state index contributed by atoms with van der Waals surface area (Å²) in [5.41, 5.74) is 3.96. The normalized spacial score (nSPS) is 15.4. The summed E-state index contributed by atoms with van der Waals surface area (Å²) in [5.74, 6) is 2.03. The summed E-state index contributed by atoms with van der Waals surface area (Å²) < 4.78 is 25.2. The Morgan fingerprint density at radius 1 is 0.900 bits per heavy atom. The molecular formula is C29H32N8O2S. The second kappa shape index (κ2) is 11.6. The number of aromatic nitrogens is 5. The number of nitrogens with zero attached hydrogens (tertiary/aromatic N) is 6. The quantitative estimate of drug-likeness (QED) is 0.245. The summed E-state index contributed by atoms with van der Waals surface area (Å²) in [7, 11) is -2.83. The van der Waals surface area contributed by atoms with E-state index in [4.69, 9.17) is 0 Å². The molecule has 5 aromatic rings. The summed E-state index contributed by atoms with van der Waals surface area (Å²) in [5, 5.41) is 13.4. The van der Waals surface area contributed by atoms with Crippen LogP contribution in [0.3, 0.4) is 0 Å². The molecule has 1 aliphatic heterocycles. The highest BCUT2D eigenvalue weighted by atomic mass is 32.2. The first-order valence-electron chi connectivity index (χ1n) is 13.6. The molecule has 0 unspecified atom stereocenters. The number of nitrogens with one attached hydrogen (secondary N) is 2. The smallest absolute Gasteiger partial charge is 0.152 e. The van der Waals surface area contributed by atoms with Crippen molar-refractivity contribution in [3.8, 4) is 0 Å². The highest BCUT2D eigenvalue weighted by Crippen LogP contribution is 2.27. The van der Waals surface area contributed by atoms with Crippen LogP contribution >= 0.6 is 0 Å². The SMILES string of the molecule is O=S1(=O)CCN(CCCCNc2cc3c(Nc4ccc5c(cnn5Cc5ccccc5)c4)ncnc3cn2)CC1. The first kappa shape index (κ1) is 26.1. The van der Waals surface area contributed by atoms with Crippen LogP contribution in [0.15, 0.2) is 73.3 Å². The van der Waals surface area contributed by atoms with E-state index in [1.54, 1.807) is 12.5 Å². The molecule has 2 aromatic carbocycles. The zero-order chi connectivity index (χ0) is 27.4. The van der Waals surface area contributed by atoms with Crippen LogP contribution in [0.5, 0.6) is 0 Å². The number of anilines is 3. The Kier molecular flexibility index (Phi) is 7.56. The molecule has 10 nitrogen and oxygen atoms in total. The molecule has 0 saturated carbocycles. The Morgan fingerprint density at radius 2 is 1.75 bits per heavy atom. The number of sulfone groups is 1. The third kappa shape index (κ3) is 6.21.